The number of hydrogen-bond acceptors (Lipinski definition) is 4. The summed E-state index contributed by atoms with van der Waals surface area (Å²) in [4.78, 5) is 12.8. The zero-order chi connectivity index (χ0) is 38.4. The van der Waals surface area contributed by atoms with E-state index in [-0.39, 0.29) is 0 Å². The molecule has 0 aliphatic carbocycles. The Hall–Kier alpha value is -7.82. The number of benzene rings is 9. The van der Waals surface area contributed by atoms with Crippen LogP contribution in [0.3, 0.4) is 0 Å². The third kappa shape index (κ3) is 5.87. The van der Waals surface area contributed by atoms with E-state index < -0.39 is 0 Å². The van der Waals surface area contributed by atoms with E-state index in [0.717, 1.165) is 88.6 Å². The summed E-state index contributed by atoms with van der Waals surface area (Å²) < 4.78 is 6.74. The molecule has 272 valence electrons. The highest BCUT2D eigenvalue weighted by atomic mass is 16.3. The fourth-order valence-electron chi connectivity index (χ4n) is 8.24. The molecule has 0 saturated heterocycles. The van der Waals surface area contributed by atoms with Crippen LogP contribution in [0.1, 0.15) is 0 Å². The van der Waals surface area contributed by atoms with Crippen LogP contribution >= 0.6 is 0 Å². The van der Waals surface area contributed by atoms with Crippen molar-refractivity contribution in [2.24, 2.45) is 0 Å². The van der Waals surface area contributed by atoms with Crippen molar-refractivity contribution in [3.05, 3.63) is 212 Å². The first kappa shape index (κ1) is 33.5. The molecule has 2 heterocycles. The highest BCUT2D eigenvalue weighted by molar-refractivity contribution is 6.21. The molecule has 0 atom stereocenters. The summed E-state index contributed by atoms with van der Waals surface area (Å²) in [6, 6.07) is 74.4. The number of para-hydroxylation sites is 2. The maximum Gasteiger partial charge on any atom is 0.161 e. The molecule has 11 rings (SSSR count). The highest BCUT2D eigenvalue weighted by Gasteiger charge is 2.21. The lowest BCUT2D eigenvalue weighted by atomic mass is 9.97. The second-order valence-electron chi connectivity index (χ2n) is 14.6. The molecule has 2 aromatic heterocycles. The Morgan fingerprint density at radius 2 is 0.914 bits per heavy atom. The molecule has 0 N–H and O–H groups in total. The van der Waals surface area contributed by atoms with E-state index in [1.165, 1.54) is 11.1 Å². The Bertz CT molecular complexity index is 3250. The molecular weight excluding hydrogens is 707 g/mol. The summed E-state index contributed by atoms with van der Waals surface area (Å²) in [6.45, 7) is 0. The van der Waals surface area contributed by atoms with Crippen molar-refractivity contribution in [2.45, 2.75) is 0 Å². The van der Waals surface area contributed by atoms with Crippen molar-refractivity contribution in [3.8, 4) is 44.9 Å². The molecule has 11 aromatic rings. The van der Waals surface area contributed by atoms with Gasteiger partial charge in [0.1, 0.15) is 11.2 Å². The zero-order valence-electron chi connectivity index (χ0n) is 31.5. The van der Waals surface area contributed by atoms with Crippen LogP contribution in [-0.2, 0) is 0 Å². The van der Waals surface area contributed by atoms with Gasteiger partial charge in [-0.1, -0.05) is 152 Å². The smallest absolute Gasteiger partial charge is 0.161 e. The largest absolute Gasteiger partial charge is 0.455 e. The Balaban J connectivity index is 1.04. The molecular formula is C54H35N3O. The van der Waals surface area contributed by atoms with E-state index in [1.807, 2.05) is 18.2 Å². The summed E-state index contributed by atoms with van der Waals surface area (Å²) in [5.41, 5.74) is 13.3. The molecule has 0 spiro atoms. The van der Waals surface area contributed by atoms with Gasteiger partial charge in [0.15, 0.2) is 5.82 Å². The summed E-state index contributed by atoms with van der Waals surface area (Å²) in [6.07, 6.45) is 0. The molecule has 0 unspecified atom stereocenters. The van der Waals surface area contributed by atoms with Crippen LogP contribution in [0.25, 0.3) is 88.5 Å². The fraction of sp³-hybridized carbons (Fsp3) is 0. The van der Waals surface area contributed by atoms with Gasteiger partial charge in [-0.3, -0.25) is 0 Å². The van der Waals surface area contributed by atoms with E-state index >= 15 is 0 Å². The van der Waals surface area contributed by atoms with Crippen molar-refractivity contribution in [1.29, 1.82) is 0 Å². The normalized spacial score (nSPS) is 11.4. The van der Waals surface area contributed by atoms with Gasteiger partial charge in [0.25, 0.3) is 0 Å². The first-order valence-electron chi connectivity index (χ1n) is 19.6. The van der Waals surface area contributed by atoms with E-state index in [4.69, 9.17) is 14.4 Å². The number of furan rings is 1. The number of nitrogens with zero attached hydrogens (tertiary/aromatic N) is 3. The molecule has 0 bridgehead atoms. The third-order valence-electron chi connectivity index (χ3n) is 11.1. The van der Waals surface area contributed by atoms with Gasteiger partial charge in [0.05, 0.1) is 11.2 Å². The zero-order valence-corrected chi connectivity index (χ0v) is 31.5. The van der Waals surface area contributed by atoms with Crippen molar-refractivity contribution in [1.82, 2.24) is 9.97 Å². The first-order valence-corrected chi connectivity index (χ1v) is 19.6. The predicted molar refractivity (Wildman–Crippen MR) is 241 cm³/mol. The van der Waals surface area contributed by atoms with Gasteiger partial charge in [0.2, 0.25) is 0 Å². The molecule has 9 aromatic carbocycles. The van der Waals surface area contributed by atoms with Crippen molar-refractivity contribution >= 4 is 60.7 Å². The molecule has 4 nitrogen and oxygen atoms in total. The van der Waals surface area contributed by atoms with Crippen LogP contribution in [0.2, 0.25) is 0 Å². The summed E-state index contributed by atoms with van der Waals surface area (Å²) in [7, 11) is 0. The lowest BCUT2D eigenvalue weighted by molar-refractivity contribution is 0.673. The van der Waals surface area contributed by atoms with Crippen molar-refractivity contribution in [2.75, 3.05) is 4.90 Å². The van der Waals surface area contributed by atoms with Crippen LogP contribution in [-0.4, -0.2) is 9.97 Å². The lowest BCUT2D eigenvalue weighted by Crippen LogP contribution is -2.09. The Morgan fingerprint density at radius 3 is 1.62 bits per heavy atom. The van der Waals surface area contributed by atoms with E-state index in [0.29, 0.717) is 5.82 Å². The average molecular weight is 742 g/mol. The first-order chi connectivity index (χ1) is 28.7. The SMILES string of the molecule is c1ccc(-c2ccc(N(c3ccccc3)c3ccc(-c4ccc5oc6c7ccccc7cc(-c7nc(-c8ccccc8)c8ccccc8n7)c6c5c4)cc3)cc2)cc1. The average Bonchev–Trinajstić information content (AvgIpc) is 3.69. The Morgan fingerprint density at radius 1 is 0.379 bits per heavy atom. The molecule has 0 amide bonds. The monoisotopic (exact) mass is 741 g/mol. The predicted octanol–water partition coefficient (Wildman–Crippen LogP) is 14.8. The van der Waals surface area contributed by atoms with Gasteiger partial charge in [-0.2, -0.15) is 0 Å². The van der Waals surface area contributed by atoms with Gasteiger partial charge < -0.3 is 9.32 Å². The molecule has 4 heteroatoms. The van der Waals surface area contributed by atoms with Gasteiger partial charge in [-0.25, -0.2) is 9.97 Å². The topological polar surface area (TPSA) is 42.2 Å². The highest BCUT2D eigenvalue weighted by Crippen LogP contribution is 2.43. The molecule has 58 heavy (non-hydrogen) atoms. The Kier molecular flexibility index (Phi) is 8.11. The standard InChI is InChI=1S/C54H35N3O/c1-4-14-36(15-5-1)37-24-29-43(30-25-37)57(42-19-8-3-9-20-42)44-31-26-38(27-32-44)40-28-33-50-47(34-40)51-48(35-41-18-10-11-21-45(41)53(51)58-50)54-55-49-23-13-12-22-46(49)52(56-54)39-16-6-2-7-17-39/h1-35H. The van der Waals surface area contributed by atoms with Crippen LogP contribution in [0.4, 0.5) is 17.1 Å². The number of rotatable bonds is 7. The second-order valence-corrected chi connectivity index (χ2v) is 14.6. The Labute approximate surface area is 335 Å². The molecule has 0 aliphatic heterocycles. The van der Waals surface area contributed by atoms with E-state index in [1.54, 1.807) is 0 Å². The van der Waals surface area contributed by atoms with Gasteiger partial charge >= 0.3 is 0 Å². The van der Waals surface area contributed by atoms with Crippen molar-refractivity contribution in [3.63, 3.8) is 0 Å². The van der Waals surface area contributed by atoms with Gasteiger partial charge in [-0.05, 0) is 88.3 Å². The van der Waals surface area contributed by atoms with Crippen LogP contribution in [0.15, 0.2) is 217 Å². The summed E-state index contributed by atoms with van der Waals surface area (Å²) >= 11 is 0. The summed E-state index contributed by atoms with van der Waals surface area (Å²) in [5.74, 6) is 0.670. The minimum absolute atomic E-state index is 0.670. The number of anilines is 3. The van der Waals surface area contributed by atoms with Crippen LogP contribution in [0, 0.1) is 0 Å². The summed E-state index contributed by atoms with van der Waals surface area (Å²) in [5, 5.41) is 5.20. The molecule has 0 fully saturated rings. The lowest BCUT2D eigenvalue weighted by Gasteiger charge is -2.26. The van der Waals surface area contributed by atoms with Crippen LogP contribution < -0.4 is 4.90 Å². The maximum absolute atomic E-state index is 6.74. The quantitative estimate of drug-likeness (QED) is 0.163. The third-order valence-corrected chi connectivity index (χ3v) is 11.1. The molecule has 0 aliphatic rings. The van der Waals surface area contributed by atoms with Crippen molar-refractivity contribution < 1.29 is 4.42 Å². The molecule has 0 radical (unpaired) electrons. The number of aromatic nitrogens is 2. The second kappa shape index (κ2) is 14.0. The number of hydrogen-bond donors (Lipinski definition) is 0. The van der Waals surface area contributed by atoms with E-state index in [2.05, 4.69) is 199 Å². The van der Waals surface area contributed by atoms with Gasteiger partial charge in [-0.15, -0.1) is 0 Å². The van der Waals surface area contributed by atoms with E-state index in [9.17, 15) is 0 Å². The minimum Gasteiger partial charge on any atom is -0.455 e. The van der Waals surface area contributed by atoms with Crippen LogP contribution in [0.5, 0.6) is 0 Å². The fourth-order valence-corrected chi connectivity index (χ4v) is 8.24. The number of fused-ring (bicyclic) bond motifs is 6. The minimum atomic E-state index is 0.670. The molecule has 0 saturated carbocycles. The maximum atomic E-state index is 6.74. The van der Waals surface area contributed by atoms with Gasteiger partial charge in [0, 0.05) is 49.7 Å².